The molecule has 0 amide bonds. The van der Waals surface area contributed by atoms with Gasteiger partial charge in [-0.15, -0.1) is 0 Å². The summed E-state index contributed by atoms with van der Waals surface area (Å²) in [6.45, 7) is 0. The second-order valence-electron chi connectivity index (χ2n) is 6.42. The largest absolute Gasteiger partial charge is 0.377 e. The lowest BCUT2D eigenvalue weighted by Crippen LogP contribution is -2.10. The van der Waals surface area contributed by atoms with Crippen LogP contribution < -0.4 is 4.18 Å². The van der Waals surface area contributed by atoms with Crippen molar-refractivity contribution in [3.05, 3.63) is 99.5 Å². The van der Waals surface area contributed by atoms with Gasteiger partial charge in [0.15, 0.2) is 5.75 Å². The van der Waals surface area contributed by atoms with Crippen LogP contribution in [0.3, 0.4) is 0 Å². The Morgan fingerprint density at radius 1 is 0.935 bits per heavy atom. The van der Waals surface area contributed by atoms with E-state index in [-0.39, 0.29) is 21.2 Å². The van der Waals surface area contributed by atoms with Crippen molar-refractivity contribution in [2.24, 2.45) is 5.16 Å². The van der Waals surface area contributed by atoms with E-state index in [0.717, 1.165) is 5.56 Å². The highest BCUT2D eigenvalue weighted by molar-refractivity contribution is 7.87. The number of rotatable bonds is 5. The molecule has 1 aliphatic heterocycles. The maximum Gasteiger partial charge on any atom is 0.368 e. The molecule has 0 radical (unpaired) electrons. The van der Waals surface area contributed by atoms with Gasteiger partial charge in [-0.3, -0.25) is 0 Å². The minimum atomic E-state index is -4.09. The average molecular weight is 474 g/mol. The molecule has 1 heterocycles. The number of benzene rings is 3. The van der Waals surface area contributed by atoms with Gasteiger partial charge in [-0.1, -0.05) is 64.8 Å². The van der Waals surface area contributed by atoms with Crippen LogP contribution in [0.4, 0.5) is 0 Å². The molecule has 0 atom stereocenters. The molecule has 3 aromatic rings. The lowest BCUT2D eigenvalue weighted by atomic mass is 10.0. The fourth-order valence-electron chi connectivity index (χ4n) is 2.82. The van der Waals surface area contributed by atoms with E-state index in [9.17, 15) is 13.2 Å². The Hall–Kier alpha value is -3.13. The van der Waals surface area contributed by atoms with E-state index < -0.39 is 16.1 Å². The first-order valence-corrected chi connectivity index (χ1v) is 11.1. The summed E-state index contributed by atoms with van der Waals surface area (Å²) in [6, 6.07) is 19.1. The third-order valence-corrected chi connectivity index (χ3v) is 6.11. The van der Waals surface area contributed by atoms with Gasteiger partial charge in [0.1, 0.15) is 10.6 Å². The third-order valence-electron chi connectivity index (χ3n) is 4.31. The first-order chi connectivity index (χ1) is 14.8. The first kappa shape index (κ1) is 21.1. The summed E-state index contributed by atoms with van der Waals surface area (Å²) in [7, 11) is -4.09. The van der Waals surface area contributed by atoms with Gasteiger partial charge in [0.05, 0.1) is 10.6 Å². The number of hydrogen-bond acceptors (Lipinski definition) is 6. The van der Waals surface area contributed by atoms with Crippen LogP contribution in [0.15, 0.2) is 88.4 Å². The molecule has 0 fully saturated rings. The Balaban J connectivity index is 1.61. The summed E-state index contributed by atoms with van der Waals surface area (Å²) in [5, 5.41) is 4.30. The molecule has 6 nitrogen and oxygen atoms in total. The van der Waals surface area contributed by atoms with Crippen LogP contribution >= 0.6 is 23.2 Å². The third kappa shape index (κ3) is 4.64. The molecule has 4 rings (SSSR count). The second-order valence-corrected chi connectivity index (χ2v) is 8.81. The molecule has 0 N–H and O–H groups in total. The van der Waals surface area contributed by atoms with Crippen LogP contribution in [0, 0.1) is 0 Å². The van der Waals surface area contributed by atoms with Gasteiger partial charge >= 0.3 is 16.1 Å². The van der Waals surface area contributed by atoms with E-state index in [0.29, 0.717) is 16.3 Å². The SMILES string of the molecule is O=C1ON=C(c2ccccc2)/C1=C/c1ccc(OS(=O)(=O)c2ccc(Cl)cc2)c(Cl)c1. The van der Waals surface area contributed by atoms with Crippen LogP contribution in [0.25, 0.3) is 6.08 Å². The van der Waals surface area contributed by atoms with E-state index in [1.54, 1.807) is 24.3 Å². The van der Waals surface area contributed by atoms with Crippen molar-refractivity contribution >= 4 is 51.1 Å². The smallest absolute Gasteiger partial charge is 0.368 e. The number of halogens is 2. The van der Waals surface area contributed by atoms with Gasteiger partial charge in [-0.25, -0.2) is 4.79 Å². The van der Waals surface area contributed by atoms with Crippen molar-refractivity contribution < 1.29 is 22.2 Å². The number of carbonyl (C=O) groups is 1. The highest BCUT2D eigenvalue weighted by Crippen LogP contribution is 2.30. The van der Waals surface area contributed by atoms with E-state index in [1.807, 2.05) is 18.2 Å². The van der Waals surface area contributed by atoms with Crippen LogP contribution in [0.2, 0.25) is 10.0 Å². The summed E-state index contributed by atoms with van der Waals surface area (Å²) in [5.74, 6) is -0.648. The van der Waals surface area contributed by atoms with Gasteiger partial charge in [0.25, 0.3) is 0 Å². The topological polar surface area (TPSA) is 82.0 Å². The van der Waals surface area contributed by atoms with E-state index in [2.05, 4.69) is 5.16 Å². The van der Waals surface area contributed by atoms with Crippen molar-refractivity contribution in [3.63, 3.8) is 0 Å². The van der Waals surface area contributed by atoms with Crippen molar-refractivity contribution in [2.75, 3.05) is 0 Å². The van der Waals surface area contributed by atoms with Crippen LogP contribution in [-0.2, 0) is 19.8 Å². The van der Waals surface area contributed by atoms with Crippen molar-refractivity contribution in [3.8, 4) is 5.75 Å². The maximum absolute atomic E-state index is 12.5. The zero-order valence-electron chi connectivity index (χ0n) is 15.7. The minimum Gasteiger partial charge on any atom is -0.377 e. The Bertz CT molecular complexity index is 1320. The summed E-state index contributed by atoms with van der Waals surface area (Å²) in [4.78, 5) is 16.9. The fourth-order valence-corrected chi connectivity index (χ4v) is 4.17. The summed E-state index contributed by atoms with van der Waals surface area (Å²) in [5.41, 5.74) is 1.91. The zero-order chi connectivity index (χ0) is 22.0. The lowest BCUT2D eigenvalue weighted by molar-refractivity contribution is -0.136. The van der Waals surface area contributed by atoms with E-state index in [4.69, 9.17) is 32.2 Å². The predicted molar refractivity (Wildman–Crippen MR) is 118 cm³/mol. The van der Waals surface area contributed by atoms with Crippen LogP contribution in [0.1, 0.15) is 11.1 Å². The number of hydrogen-bond donors (Lipinski definition) is 0. The van der Waals surface area contributed by atoms with E-state index >= 15 is 0 Å². The molecule has 31 heavy (non-hydrogen) atoms. The van der Waals surface area contributed by atoms with Crippen molar-refractivity contribution in [2.45, 2.75) is 4.90 Å². The molecule has 0 aromatic heterocycles. The number of nitrogens with zero attached hydrogens (tertiary/aromatic N) is 1. The summed E-state index contributed by atoms with van der Waals surface area (Å²) in [6.07, 6.45) is 1.56. The Morgan fingerprint density at radius 2 is 1.65 bits per heavy atom. The molecule has 1 aliphatic rings. The molecule has 0 bridgehead atoms. The number of carbonyl (C=O) groups excluding carboxylic acids is 1. The highest BCUT2D eigenvalue weighted by atomic mass is 35.5. The molecule has 0 saturated heterocycles. The number of oxime groups is 1. The molecular weight excluding hydrogens is 461 g/mol. The van der Waals surface area contributed by atoms with Gasteiger partial charge in [0.2, 0.25) is 0 Å². The van der Waals surface area contributed by atoms with Gasteiger partial charge < -0.3 is 9.02 Å². The van der Waals surface area contributed by atoms with Crippen LogP contribution in [0.5, 0.6) is 5.75 Å². The summed E-state index contributed by atoms with van der Waals surface area (Å²) >= 11 is 12.0. The Morgan fingerprint density at radius 3 is 2.32 bits per heavy atom. The normalized spacial score (nSPS) is 15.0. The van der Waals surface area contributed by atoms with E-state index in [1.165, 1.54) is 36.4 Å². The molecule has 0 unspecified atom stereocenters. The monoisotopic (exact) mass is 473 g/mol. The first-order valence-electron chi connectivity index (χ1n) is 8.90. The quantitative estimate of drug-likeness (QED) is 0.292. The van der Waals surface area contributed by atoms with Crippen LogP contribution in [-0.4, -0.2) is 20.1 Å². The summed E-state index contributed by atoms with van der Waals surface area (Å²) < 4.78 is 30.1. The maximum atomic E-state index is 12.5. The molecule has 156 valence electrons. The lowest BCUT2D eigenvalue weighted by Gasteiger charge is -2.09. The molecule has 0 aliphatic carbocycles. The zero-order valence-corrected chi connectivity index (χ0v) is 18.0. The Kier molecular flexibility index (Phi) is 5.82. The van der Waals surface area contributed by atoms with Gasteiger partial charge in [0, 0.05) is 10.6 Å². The standard InChI is InChI=1S/C22H13Cl2NO5S/c23-16-7-9-17(10-8-16)31(27,28)30-20-11-6-14(13-19(20)24)12-18-21(25-29-22(18)26)15-4-2-1-3-5-15/h1-13H/b18-12-. The van der Waals surface area contributed by atoms with Crippen molar-refractivity contribution in [1.82, 2.24) is 0 Å². The molecule has 0 spiro atoms. The second kappa shape index (κ2) is 8.55. The van der Waals surface area contributed by atoms with Crippen molar-refractivity contribution in [1.29, 1.82) is 0 Å². The highest BCUT2D eigenvalue weighted by Gasteiger charge is 2.27. The predicted octanol–water partition coefficient (Wildman–Crippen LogP) is 5.11. The molecule has 3 aromatic carbocycles. The molecule has 9 heteroatoms. The van der Waals surface area contributed by atoms with Gasteiger partial charge in [-0.05, 0) is 48.0 Å². The molecular formula is C22H13Cl2NO5S. The van der Waals surface area contributed by atoms with Gasteiger partial charge in [-0.2, -0.15) is 8.42 Å². The average Bonchev–Trinajstić information content (AvgIpc) is 3.11. The Labute approximate surface area is 188 Å². The fraction of sp³-hybridized carbons (Fsp3) is 0. The molecule has 0 saturated carbocycles. The minimum absolute atomic E-state index is 0.0512.